The van der Waals surface area contributed by atoms with Gasteiger partial charge in [-0.1, -0.05) is 18.2 Å². The Labute approximate surface area is 208 Å². The van der Waals surface area contributed by atoms with E-state index >= 15 is 0 Å². The Hall–Kier alpha value is -4.11. The maximum Gasteiger partial charge on any atom is 0.279 e. The van der Waals surface area contributed by atoms with Crippen molar-refractivity contribution in [2.75, 3.05) is 26.1 Å². The van der Waals surface area contributed by atoms with Crippen molar-refractivity contribution >= 4 is 17.2 Å². The van der Waals surface area contributed by atoms with Gasteiger partial charge in [0, 0.05) is 50.0 Å². The van der Waals surface area contributed by atoms with E-state index in [1.54, 1.807) is 32.4 Å². The van der Waals surface area contributed by atoms with Crippen molar-refractivity contribution in [3.05, 3.63) is 87.5 Å². The molecule has 36 heavy (non-hydrogen) atoms. The second-order valence-corrected chi connectivity index (χ2v) is 8.76. The van der Waals surface area contributed by atoms with E-state index in [0.29, 0.717) is 42.2 Å². The number of hydrogen-bond acceptors (Lipinski definition) is 6. The lowest BCUT2D eigenvalue weighted by Gasteiger charge is -2.30. The molecule has 1 amide bonds. The van der Waals surface area contributed by atoms with Crippen LogP contribution in [-0.4, -0.2) is 45.8 Å². The number of carbonyl (C=O) groups is 1. The zero-order valence-corrected chi connectivity index (χ0v) is 20.7. The standard InChI is InChI=1S/C27H29N5O4/c1-4-31-24-12-13-30(16-18-8-10-20(35-2)11-9-18)17-23(24)27(34)32-26(31)22(15-28-32)25(33)29-19-6-5-7-21(14-19)36-3/h5-11,14-15H,4,12-13,16-17H2,1-3H3,(H,29,33). The van der Waals surface area contributed by atoms with Crippen molar-refractivity contribution in [2.24, 2.45) is 0 Å². The SMILES string of the molecule is CCn1c2c(c(=O)n3ncc(C(=O)Nc4cccc(OC)c4)c13)CN(Cc1ccc(OC)cc1)CC2. The molecule has 9 nitrogen and oxygen atoms in total. The molecule has 0 saturated heterocycles. The molecule has 9 heteroatoms. The molecule has 3 heterocycles. The van der Waals surface area contributed by atoms with E-state index in [0.717, 1.165) is 35.7 Å². The van der Waals surface area contributed by atoms with Gasteiger partial charge >= 0.3 is 0 Å². The summed E-state index contributed by atoms with van der Waals surface area (Å²) >= 11 is 0. The predicted octanol–water partition coefficient (Wildman–Crippen LogP) is 3.34. The molecular formula is C27H29N5O4. The number of nitrogens with zero attached hydrogens (tertiary/aromatic N) is 4. The lowest BCUT2D eigenvalue weighted by molar-refractivity contribution is 0.102. The number of nitrogens with one attached hydrogen (secondary N) is 1. The molecule has 0 saturated carbocycles. The molecule has 2 aromatic carbocycles. The number of aromatic nitrogens is 3. The average molecular weight is 488 g/mol. The molecule has 0 radical (unpaired) electrons. The first kappa shape index (κ1) is 23.6. The highest BCUT2D eigenvalue weighted by Gasteiger charge is 2.27. The Bertz CT molecular complexity index is 1470. The van der Waals surface area contributed by atoms with Gasteiger partial charge in [-0.05, 0) is 36.8 Å². The molecule has 0 atom stereocenters. The van der Waals surface area contributed by atoms with Crippen molar-refractivity contribution in [1.29, 1.82) is 0 Å². The van der Waals surface area contributed by atoms with E-state index in [1.165, 1.54) is 10.7 Å². The number of methoxy groups -OCH3 is 2. The minimum atomic E-state index is -0.322. The third-order valence-electron chi connectivity index (χ3n) is 6.62. The van der Waals surface area contributed by atoms with Crippen LogP contribution in [0.4, 0.5) is 5.69 Å². The van der Waals surface area contributed by atoms with Gasteiger partial charge in [-0.25, -0.2) is 0 Å². The van der Waals surface area contributed by atoms with Crippen molar-refractivity contribution in [1.82, 2.24) is 19.1 Å². The summed E-state index contributed by atoms with van der Waals surface area (Å²) < 4.78 is 13.9. The maximum absolute atomic E-state index is 13.5. The number of ether oxygens (including phenoxy) is 2. The summed E-state index contributed by atoms with van der Waals surface area (Å²) in [6.45, 7) is 4.72. The van der Waals surface area contributed by atoms with Gasteiger partial charge in [0.1, 0.15) is 17.1 Å². The molecule has 5 rings (SSSR count). The minimum absolute atomic E-state index is 0.176. The van der Waals surface area contributed by atoms with Gasteiger partial charge in [-0.15, -0.1) is 0 Å². The zero-order chi connectivity index (χ0) is 25.2. The van der Waals surface area contributed by atoms with Crippen LogP contribution in [-0.2, 0) is 26.1 Å². The number of benzene rings is 2. The molecule has 0 aliphatic carbocycles. The highest BCUT2D eigenvalue weighted by molar-refractivity contribution is 6.08. The van der Waals surface area contributed by atoms with Crippen LogP contribution in [0.2, 0.25) is 0 Å². The quantitative estimate of drug-likeness (QED) is 0.430. The predicted molar refractivity (Wildman–Crippen MR) is 137 cm³/mol. The van der Waals surface area contributed by atoms with Gasteiger partial charge < -0.3 is 19.4 Å². The zero-order valence-electron chi connectivity index (χ0n) is 20.7. The second-order valence-electron chi connectivity index (χ2n) is 8.76. The Morgan fingerprint density at radius 3 is 2.58 bits per heavy atom. The molecular weight excluding hydrogens is 458 g/mol. The molecule has 0 spiro atoms. The van der Waals surface area contributed by atoms with Crippen LogP contribution < -0.4 is 20.3 Å². The fourth-order valence-electron chi connectivity index (χ4n) is 4.83. The van der Waals surface area contributed by atoms with E-state index in [1.807, 2.05) is 37.3 Å². The van der Waals surface area contributed by atoms with Crippen LogP contribution in [0.1, 0.15) is 34.1 Å². The van der Waals surface area contributed by atoms with Crippen molar-refractivity contribution in [3.8, 4) is 11.5 Å². The first-order valence-electron chi connectivity index (χ1n) is 11.9. The number of rotatable bonds is 7. The highest BCUT2D eigenvalue weighted by atomic mass is 16.5. The van der Waals surface area contributed by atoms with Crippen LogP contribution in [0.5, 0.6) is 11.5 Å². The molecule has 4 aromatic rings. The van der Waals surface area contributed by atoms with Crippen molar-refractivity contribution in [3.63, 3.8) is 0 Å². The molecule has 0 fully saturated rings. The topological polar surface area (TPSA) is 90.1 Å². The summed E-state index contributed by atoms with van der Waals surface area (Å²) in [5.74, 6) is 1.14. The molecule has 1 N–H and O–H groups in total. The normalized spacial score (nSPS) is 13.4. The van der Waals surface area contributed by atoms with Gasteiger partial charge in [-0.2, -0.15) is 9.61 Å². The van der Waals surface area contributed by atoms with Crippen LogP contribution in [0.3, 0.4) is 0 Å². The van der Waals surface area contributed by atoms with Crippen LogP contribution in [0.25, 0.3) is 5.65 Å². The van der Waals surface area contributed by atoms with Crippen LogP contribution in [0.15, 0.2) is 59.5 Å². The smallest absolute Gasteiger partial charge is 0.279 e. The van der Waals surface area contributed by atoms with Gasteiger partial charge in [0.25, 0.3) is 11.5 Å². The van der Waals surface area contributed by atoms with Gasteiger partial charge in [0.2, 0.25) is 0 Å². The Morgan fingerprint density at radius 1 is 1.08 bits per heavy atom. The number of hydrogen-bond donors (Lipinski definition) is 1. The third kappa shape index (κ3) is 4.33. The summed E-state index contributed by atoms with van der Waals surface area (Å²) in [7, 11) is 3.23. The first-order chi connectivity index (χ1) is 17.5. The number of carbonyl (C=O) groups excluding carboxylic acids is 1. The molecule has 0 bridgehead atoms. The number of amides is 1. The summed E-state index contributed by atoms with van der Waals surface area (Å²) in [6.07, 6.45) is 2.19. The fourth-order valence-corrected chi connectivity index (χ4v) is 4.83. The summed E-state index contributed by atoms with van der Waals surface area (Å²) in [5, 5.41) is 7.22. The van der Waals surface area contributed by atoms with Crippen LogP contribution >= 0.6 is 0 Å². The van der Waals surface area contributed by atoms with Gasteiger partial charge in [0.05, 0.1) is 26.0 Å². The first-order valence-corrected chi connectivity index (χ1v) is 11.9. The minimum Gasteiger partial charge on any atom is -0.497 e. The summed E-state index contributed by atoms with van der Waals surface area (Å²) in [6, 6.07) is 15.1. The maximum atomic E-state index is 13.5. The summed E-state index contributed by atoms with van der Waals surface area (Å²) in [5.41, 5.74) is 4.17. The largest absolute Gasteiger partial charge is 0.497 e. The summed E-state index contributed by atoms with van der Waals surface area (Å²) in [4.78, 5) is 29.0. The van der Waals surface area contributed by atoms with Crippen LogP contribution in [0, 0.1) is 0 Å². The second kappa shape index (κ2) is 9.87. The molecule has 1 aliphatic rings. The molecule has 0 unspecified atom stereocenters. The number of aryl methyl sites for hydroxylation is 1. The lowest BCUT2D eigenvalue weighted by Crippen LogP contribution is -2.38. The Kier molecular flexibility index (Phi) is 6.47. The monoisotopic (exact) mass is 487 g/mol. The Balaban J connectivity index is 1.46. The molecule has 2 aromatic heterocycles. The average Bonchev–Trinajstić information content (AvgIpc) is 3.35. The van der Waals surface area contributed by atoms with Crippen molar-refractivity contribution in [2.45, 2.75) is 33.0 Å². The lowest BCUT2D eigenvalue weighted by atomic mass is 10.0. The fraction of sp³-hybridized carbons (Fsp3) is 0.296. The molecule has 186 valence electrons. The third-order valence-corrected chi connectivity index (χ3v) is 6.62. The van der Waals surface area contributed by atoms with Gasteiger partial charge in [0.15, 0.2) is 5.65 Å². The number of anilines is 1. The van der Waals surface area contributed by atoms with E-state index in [-0.39, 0.29) is 11.5 Å². The molecule has 1 aliphatic heterocycles. The Morgan fingerprint density at radius 2 is 1.86 bits per heavy atom. The van der Waals surface area contributed by atoms with E-state index < -0.39 is 0 Å². The van der Waals surface area contributed by atoms with E-state index in [9.17, 15) is 9.59 Å². The van der Waals surface area contributed by atoms with E-state index in [4.69, 9.17) is 9.47 Å². The van der Waals surface area contributed by atoms with E-state index in [2.05, 4.69) is 19.9 Å². The van der Waals surface area contributed by atoms with Gasteiger partial charge in [-0.3, -0.25) is 14.5 Å². The highest BCUT2D eigenvalue weighted by Crippen LogP contribution is 2.24. The van der Waals surface area contributed by atoms with Crippen molar-refractivity contribution < 1.29 is 14.3 Å². The number of fused-ring (bicyclic) bond motifs is 2.